The van der Waals surface area contributed by atoms with Gasteiger partial charge in [0.15, 0.2) is 5.78 Å². The Morgan fingerprint density at radius 2 is 2.08 bits per heavy atom. The van der Waals surface area contributed by atoms with Crippen molar-refractivity contribution in [1.82, 2.24) is 0 Å². The molecule has 0 saturated carbocycles. The molecule has 0 spiro atoms. The van der Waals surface area contributed by atoms with Gasteiger partial charge in [-0.05, 0) is 17.9 Å². The number of ketones is 1. The molecule has 1 aromatic carbocycles. The van der Waals surface area contributed by atoms with Crippen LogP contribution in [0.3, 0.4) is 0 Å². The molecule has 1 atom stereocenters. The fourth-order valence-electron chi connectivity index (χ4n) is 1.15. The molecule has 2 heteroatoms. The van der Waals surface area contributed by atoms with Crippen molar-refractivity contribution in [3.05, 3.63) is 48.6 Å². The molecule has 0 aromatic heterocycles. The van der Waals surface area contributed by atoms with Crippen LogP contribution in [-0.2, 0) is 4.79 Å². The molecule has 1 unspecified atom stereocenters. The van der Waals surface area contributed by atoms with Crippen LogP contribution < -0.4 is 0 Å². The minimum Gasteiger partial charge on any atom is -0.293 e. The standard InChI is InChI=1S/C11H12OS/c1-3-10(12)11(13-2)9-7-5-4-6-8-9/h3-8,11H,1H2,2H3. The molecule has 0 aliphatic heterocycles. The molecule has 0 bridgehead atoms. The summed E-state index contributed by atoms with van der Waals surface area (Å²) in [4.78, 5) is 11.4. The number of rotatable bonds is 4. The Morgan fingerprint density at radius 1 is 1.46 bits per heavy atom. The van der Waals surface area contributed by atoms with Crippen LogP contribution in [0.2, 0.25) is 0 Å². The van der Waals surface area contributed by atoms with Crippen LogP contribution >= 0.6 is 11.8 Å². The van der Waals surface area contributed by atoms with Crippen molar-refractivity contribution in [3.63, 3.8) is 0 Å². The molecule has 0 N–H and O–H groups in total. The Morgan fingerprint density at radius 3 is 2.54 bits per heavy atom. The van der Waals surface area contributed by atoms with Gasteiger partial charge in [-0.25, -0.2) is 0 Å². The van der Waals surface area contributed by atoms with Crippen molar-refractivity contribution in [2.75, 3.05) is 6.26 Å². The first-order chi connectivity index (χ1) is 6.29. The van der Waals surface area contributed by atoms with Gasteiger partial charge in [0, 0.05) is 0 Å². The molecule has 13 heavy (non-hydrogen) atoms. The molecule has 1 nitrogen and oxygen atoms in total. The molecule has 0 radical (unpaired) electrons. The van der Waals surface area contributed by atoms with E-state index in [9.17, 15) is 4.79 Å². The number of benzene rings is 1. The monoisotopic (exact) mass is 192 g/mol. The zero-order chi connectivity index (χ0) is 9.68. The van der Waals surface area contributed by atoms with Gasteiger partial charge in [0.2, 0.25) is 0 Å². The summed E-state index contributed by atoms with van der Waals surface area (Å²) in [6.07, 6.45) is 3.31. The molecule has 0 aliphatic rings. The normalized spacial score (nSPS) is 12.1. The SMILES string of the molecule is C=CC(=O)C(SC)c1ccccc1. The van der Waals surface area contributed by atoms with Crippen molar-refractivity contribution in [3.8, 4) is 0 Å². The van der Waals surface area contributed by atoms with Gasteiger partial charge in [-0.2, -0.15) is 0 Å². The summed E-state index contributed by atoms with van der Waals surface area (Å²) in [6.45, 7) is 3.49. The van der Waals surface area contributed by atoms with Crippen LogP contribution in [0.15, 0.2) is 43.0 Å². The van der Waals surface area contributed by atoms with Crippen molar-refractivity contribution < 1.29 is 4.79 Å². The number of carbonyl (C=O) groups excluding carboxylic acids is 1. The lowest BCUT2D eigenvalue weighted by atomic mass is 10.1. The lowest BCUT2D eigenvalue weighted by Crippen LogP contribution is -2.04. The Hall–Kier alpha value is -1.02. The third kappa shape index (κ3) is 2.46. The molecular weight excluding hydrogens is 180 g/mol. The molecular formula is C11H12OS. The highest BCUT2D eigenvalue weighted by atomic mass is 32.2. The van der Waals surface area contributed by atoms with Gasteiger partial charge in [0.1, 0.15) is 0 Å². The van der Waals surface area contributed by atoms with E-state index in [1.807, 2.05) is 36.6 Å². The van der Waals surface area contributed by atoms with Gasteiger partial charge in [0.05, 0.1) is 5.25 Å². The Balaban J connectivity index is 2.91. The fraction of sp³-hybridized carbons (Fsp3) is 0.182. The topological polar surface area (TPSA) is 17.1 Å². The van der Waals surface area contributed by atoms with E-state index < -0.39 is 0 Å². The number of allylic oxidation sites excluding steroid dienone is 1. The van der Waals surface area contributed by atoms with Gasteiger partial charge in [0.25, 0.3) is 0 Å². The molecule has 0 heterocycles. The van der Waals surface area contributed by atoms with Crippen LogP contribution in [-0.4, -0.2) is 12.0 Å². The Bertz CT molecular complexity index is 292. The summed E-state index contributed by atoms with van der Waals surface area (Å²) in [5, 5.41) is -0.0984. The van der Waals surface area contributed by atoms with E-state index in [-0.39, 0.29) is 11.0 Å². The molecule has 1 aromatic rings. The van der Waals surface area contributed by atoms with Crippen LogP contribution in [0.4, 0.5) is 0 Å². The van der Waals surface area contributed by atoms with Gasteiger partial charge in [-0.3, -0.25) is 4.79 Å². The highest BCUT2D eigenvalue weighted by molar-refractivity contribution is 7.99. The lowest BCUT2D eigenvalue weighted by Gasteiger charge is -2.10. The molecule has 0 amide bonds. The van der Waals surface area contributed by atoms with Crippen molar-refractivity contribution in [2.24, 2.45) is 0 Å². The van der Waals surface area contributed by atoms with Gasteiger partial charge >= 0.3 is 0 Å². The summed E-state index contributed by atoms with van der Waals surface area (Å²) in [7, 11) is 0. The first-order valence-electron chi connectivity index (χ1n) is 4.03. The number of thioether (sulfide) groups is 1. The minimum atomic E-state index is -0.0984. The third-order valence-electron chi connectivity index (χ3n) is 1.80. The minimum absolute atomic E-state index is 0.0682. The summed E-state index contributed by atoms with van der Waals surface area (Å²) in [5.41, 5.74) is 1.04. The second kappa shape index (κ2) is 4.87. The Labute approximate surface area is 82.9 Å². The highest BCUT2D eigenvalue weighted by Crippen LogP contribution is 2.27. The highest BCUT2D eigenvalue weighted by Gasteiger charge is 2.15. The number of hydrogen-bond donors (Lipinski definition) is 0. The van der Waals surface area contributed by atoms with E-state index in [0.29, 0.717) is 0 Å². The zero-order valence-electron chi connectivity index (χ0n) is 7.57. The average Bonchev–Trinajstić information content (AvgIpc) is 2.20. The average molecular weight is 192 g/mol. The predicted molar refractivity (Wildman–Crippen MR) is 57.9 cm³/mol. The van der Waals surface area contributed by atoms with E-state index in [4.69, 9.17) is 0 Å². The van der Waals surface area contributed by atoms with Crippen LogP contribution in [0.1, 0.15) is 10.8 Å². The Kier molecular flexibility index (Phi) is 3.77. The summed E-state index contributed by atoms with van der Waals surface area (Å²) in [6, 6.07) is 9.74. The second-order valence-corrected chi connectivity index (χ2v) is 3.58. The van der Waals surface area contributed by atoms with Gasteiger partial charge in [-0.1, -0.05) is 36.9 Å². The molecule has 0 fully saturated rings. The zero-order valence-corrected chi connectivity index (χ0v) is 8.38. The maximum Gasteiger partial charge on any atom is 0.172 e. The van der Waals surface area contributed by atoms with E-state index in [1.54, 1.807) is 0 Å². The quantitative estimate of drug-likeness (QED) is 0.682. The van der Waals surface area contributed by atoms with E-state index >= 15 is 0 Å². The van der Waals surface area contributed by atoms with E-state index in [2.05, 4.69) is 6.58 Å². The number of hydrogen-bond acceptors (Lipinski definition) is 2. The van der Waals surface area contributed by atoms with Gasteiger partial charge < -0.3 is 0 Å². The lowest BCUT2D eigenvalue weighted by molar-refractivity contribution is -0.114. The molecule has 1 rings (SSSR count). The van der Waals surface area contributed by atoms with Crippen LogP contribution in [0, 0.1) is 0 Å². The molecule has 68 valence electrons. The maximum atomic E-state index is 11.4. The third-order valence-corrected chi connectivity index (χ3v) is 2.77. The van der Waals surface area contributed by atoms with Crippen LogP contribution in [0.25, 0.3) is 0 Å². The van der Waals surface area contributed by atoms with Crippen molar-refractivity contribution in [2.45, 2.75) is 5.25 Å². The summed E-state index contributed by atoms with van der Waals surface area (Å²) >= 11 is 1.53. The maximum absolute atomic E-state index is 11.4. The summed E-state index contributed by atoms with van der Waals surface area (Å²) in [5.74, 6) is 0.0682. The van der Waals surface area contributed by atoms with Crippen molar-refractivity contribution in [1.29, 1.82) is 0 Å². The largest absolute Gasteiger partial charge is 0.293 e. The summed E-state index contributed by atoms with van der Waals surface area (Å²) < 4.78 is 0. The van der Waals surface area contributed by atoms with Gasteiger partial charge in [-0.15, -0.1) is 11.8 Å². The second-order valence-electron chi connectivity index (χ2n) is 2.63. The fourth-order valence-corrected chi connectivity index (χ4v) is 1.91. The van der Waals surface area contributed by atoms with Crippen molar-refractivity contribution >= 4 is 17.5 Å². The van der Waals surface area contributed by atoms with Crippen LogP contribution in [0.5, 0.6) is 0 Å². The molecule has 0 saturated heterocycles. The predicted octanol–water partition coefficient (Wildman–Crippen LogP) is 2.85. The number of carbonyl (C=O) groups is 1. The van der Waals surface area contributed by atoms with E-state index in [0.717, 1.165) is 5.56 Å². The smallest absolute Gasteiger partial charge is 0.172 e. The molecule has 0 aliphatic carbocycles. The first kappa shape index (κ1) is 10.1. The first-order valence-corrected chi connectivity index (χ1v) is 5.32. The van der Waals surface area contributed by atoms with E-state index in [1.165, 1.54) is 17.8 Å².